The fourth-order valence-electron chi connectivity index (χ4n) is 0.928. The molecular formula is C9H15N3OS3. The Hall–Kier alpha value is -0.270. The summed E-state index contributed by atoms with van der Waals surface area (Å²) in [5.41, 5.74) is 0. The molecule has 0 fully saturated rings. The molecule has 0 aliphatic carbocycles. The van der Waals surface area contributed by atoms with Crippen molar-refractivity contribution < 1.29 is 4.79 Å². The first kappa shape index (κ1) is 13.8. The summed E-state index contributed by atoms with van der Waals surface area (Å²) < 4.78 is 1.82. The lowest BCUT2D eigenvalue weighted by molar-refractivity contribution is -0.119. The Morgan fingerprint density at radius 3 is 2.56 bits per heavy atom. The van der Waals surface area contributed by atoms with Crippen molar-refractivity contribution in [2.24, 2.45) is 0 Å². The third kappa shape index (κ3) is 5.18. The van der Waals surface area contributed by atoms with Crippen LogP contribution in [0.1, 0.15) is 20.8 Å². The molecule has 0 spiro atoms. The molecule has 0 aliphatic heterocycles. The number of rotatable bonds is 6. The van der Waals surface area contributed by atoms with Crippen LogP contribution in [-0.2, 0) is 4.79 Å². The zero-order valence-corrected chi connectivity index (χ0v) is 12.0. The van der Waals surface area contributed by atoms with Gasteiger partial charge in [-0.25, -0.2) is 0 Å². The molecule has 1 aromatic heterocycles. The van der Waals surface area contributed by atoms with Crippen molar-refractivity contribution in [3.8, 4) is 0 Å². The average molecular weight is 277 g/mol. The summed E-state index contributed by atoms with van der Waals surface area (Å²) in [6.45, 7) is 5.97. The van der Waals surface area contributed by atoms with Crippen LogP contribution in [0.4, 0.5) is 0 Å². The highest BCUT2D eigenvalue weighted by atomic mass is 32.2. The van der Waals surface area contributed by atoms with Gasteiger partial charge in [0.25, 0.3) is 0 Å². The quantitative estimate of drug-likeness (QED) is 0.808. The lowest BCUT2D eigenvalue weighted by atomic mass is 10.4. The number of hydrogen-bond acceptors (Lipinski definition) is 6. The number of hydrogen-bond donors (Lipinski definition) is 1. The Labute approximate surface area is 108 Å². The number of carbonyl (C=O) groups is 1. The van der Waals surface area contributed by atoms with Crippen LogP contribution in [0.15, 0.2) is 8.68 Å². The van der Waals surface area contributed by atoms with Crippen molar-refractivity contribution >= 4 is 40.8 Å². The van der Waals surface area contributed by atoms with Crippen molar-refractivity contribution in [2.45, 2.75) is 35.5 Å². The highest BCUT2D eigenvalue weighted by Gasteiger charge is 2.08. The van der Waals surface area contributed by atoms with Crippen molar-refractivity contribution in [1.29, 1.82) is 0 Å². The molecule has 90 valence electrons. The fraction of sp³-hybridized carbons (Fsp3) is 0.667. The first-order chi connectivity index (χ1) is 7.61. The average Bonchev–Trinajstić information content (AvgIpc) is 2.62. The van der Waals surface area contributed by atoms with Crippen LogP contribution in [0, 0.1) is 0 Å². The number of nitrogens with one attached hydrogen (secondary N) is 1. The molecular weight excluding hydrogens is 262 g/mol. The zero-order chi connectivity index (χ0) is 12.0. The molecule has 0 saturated carbocycles. The van der Waals surface area contributed by atoms with Crippen LogP contribution in [0.2, 0.25) is 0 Å². The Morgan fingerprint density at radius 2 is 2.00 bits per heavy atom. The normalized spacial score (nSPS) is 10.8. The molecule has 1 amide bonds. The minimum absolute atomic E-state index is 0.0416. The summed E-state index contributed by atoms with van der Waals surface area (Å²) in [6, 6.07) is 0.189. The van der Waals surface area contributed by atoms with Gasteiger partial charge in [-0.1, -0.05) is 41.8 Å². The standard InChI is InChI=1S/C9H15N3OS3/c1-4-14-8-11-12-9(16-8)15-5-7(13)10-6(2)3/h6H,4-5H2,1-3H3,(H,10,13). The molecule has 1 rings (SSSR count). The van der Waals surface area contributed by atoms with Gasteiger partial charge >= 0.3 is 0 Å². The summed E-state index contributed by atoms with van der Waals surface area (Å²) >= 11 is 4.65. The molecule has 7 heteroatoms. The third-order valence-corrected chi connectivity index (χ3v) is 4.50. The second-order valence-corrected chi connectivity index (χ2v) is 6.99. The third-order valence-electron chi connectivity index (χ3n) is 1.43. The maximum absolute atomic E-state index is 11.4. The molecule has 0 aliphatic rings. The van der Waals surface area contributed by atoms with E-state index < -0.39 is 0 Å². The lowest BCUT2D eigenvalue weighted by Gasteiger charge is -2.06. The minimum Gasteiger partial charge on any atom is -0.353 e. The Kier molecular flexibility index (Phi) is 6.15. The van der Waals surface area contributed by atoms with Crippen molar-refractivity contribution in [1.82, 2.24) is 15.5 Å². The van der Waals surface area contributed by atoms with Gasteiger partial charge in [-0.2, -0.15) is 0 Å². The van der Waals surface area contributed by atoms with Gasteiger partial charge in [0.1, 0.15) is 0 Å². The van der Waals surface area contributed by atoms with Crippen LogP contribution < -0.4 is 5.32 Å². The number of aromatic nitrogens is 2. The predicted molar refractivity (Wildman–Crippen MR) is 70.3 cm³/mol. The highest BCUT2D eigenvalue weighted by molar-refractivity contribution is 8.03. The summed E-state index contributed by atoms with van der Waals surface area (Å²) in [5, 5.41) is 10.9. The largest absolute Gasteiger partial charge is 0.353 e. The first-order valence-electron chi connectivity index (χ1n) is 5.00. The molecule has 0 bridgehead atoms. The Balaban J connectivity index is 2.33. The minimum atomic E-state index is 0.0416. The van der Waals surface area contributed by atoms with E-state index in [2.05, 4.69) is 22.4 Å². The highest BCUT2D eigenvalue weighted by Crippen LogP contribution is 2.28. The van der Waals surface area contributed by atoms with E-state index in [0.717, 1.165) is 14.4 Å². The maximum atomic E-state index is 11.4. The first-order valence-corrected chi connectivity index (χ1v) is 7.79. The van der Waals surface area contributed by atoms with Crippen LogP contribution >= 0.6 is 34.9 Å². The molecule has 1 N–H and O–H groups in total. The number of carbonyl (C=O) groups excluding carboxylic acids is 1. The van der Waals surface area contributed by atoms with E-state index in [4.69, 9.17) is 0 Å². The molecule has 0 saturated heterocycles. The molecule has 1 aromatic rings. The van der Waals surface area contributed by atoms with E-state index in [1.165, 1.54) is 11.8 Å². The second kappa shape index (κ2) is 7.13. The van der Waals surface area contributed by atoms with Crippen molar-refractivity contribution in [3.05, 3.63) is 0 Å². The number of thioether (sulfide) groups is 2. The van der Waals surface area contributed by atoms with Gasteiger partial charge in [-0.05, 0) is 19.6 Å². The van der Waals surface area contributed by atoms with Crippen LogP contribution in [-0.4, -0.2) is 33.7 Å². The fourth-order valence-corrected chi connectivity index (χ4v) is 3.66. The topological polar surface area (TPSA) is 54.9 Å². The van der Waals surface area contributed by atoms with E-state index in [0.29, 0.717) is 5.75 Å². The molecule has 4 nitrogen and oxygen atoms in total. The van der Waals surface area contributed by atoms with E-state index in [9.17, 15) is 4.79 Å². The predicted octanol–water partition coefficient (Wildman–Crippen LogP) is 2.27. The van der Waals surface area contributed by atoms with Crippen molar-refractivity contribution in [3.63, 3.8) is 0 Å². The van der Waals surface area contributed by atoms with Crippen LogP contribution in [0.25, 0.3) is 0 Å². The van der Waals surface area contributed by atoms with E-state index in [-0.39, 0.29) is 11.9 Å². The maximum Gasteiger partial charge on any atom is 0.230 e. The summed E-state index contributed by atoms with van der Waals surface area (Å²) in [5.74, 6) is 1.44. The molecule has 16 heavy (non-hydrogen) atoms. The molecule has 0 aromatic carbocycles. The van der Waals surface area contributed by atoms with Gasteiger partial charge in [0.2, 0.25) is 5.91 Å². The molecule has 0 atom stereocenters. The second-order valence-electron chi connectivity index (χ2n) is 3.28. The van der Waals surface area contributed by atoms with Crippen LogP contribution in [0.5, 0.6) is 0 Å². The van der Waals surface area contributed by atoms with Crippen LogP contribution in [0.3, 0.4) is 0 Å². The van der Waals surface area contributed by atoms with Gasteiger partial charge in [-0.3, -0.25) is 4.79 Å². The van der Waals surface area contributed by atoms with Gasteiger partial charge in [0.05, 0.1) is 5.75 Å². The van der Waals surface area contributed by atoms with Crippen molar-refractivity contribution in [2.75, 3.05) is 11.5 Å². The summed E-state index contributed by atoms with van der Waals surface area (Å²) in [4.78, 5) is 11.4. The van der Waals surface area contributed by atoms with E-state index >= 15 is 0 Å². The molecule has 1 heterocycles. The van der Waals surface area contributed by atoms with E-state index in [1.54, 1.807) is 23.1 Å². The van der Waals surface area contributed by atoms with Gasteiger partial charge in [0, 0.05) is 6.04 Å². The van der Waals surface area contributed by atoms with Gasteiger partial charge in [0.15, 0.2) is 8.68 Å². The van der Waals surface area contributed by atoms with Gasteiger partial charge < -0.3 is 5.32 Å². The zero-order valence-electron chi connectivity index (χ0n) is 9.52. The lowest BCUT2D eigenvalue weighted by Crippen LogP contribution is -2.31. The summed E-state index contributed by atoms with van der Waals surface area (Å²) in [7, 11) is 0. The number of amides is 1. The Bertz CT molecular complexity index is 340. The number of nitrogens with zero attached hydrogens (tertiary/aromatic N) is 2. The smallest absolute Gasteiger partial charge is 0.230 e. The molecule has 0 radical (unpaired) electrons. The van der Waals surface area contributed by atoms with Gasteiger partial charge in [-0.15, -0.1) is 10.2 Å². The Morgan fingerprint density at radius 1 is 1.38 bits per heavy atom. The monoisotopic (exact) mass is 277 g/mol. The summed E-state index contributed by atoms with van der Waals surface area (Å²) in [6.07, 6.45) is 0. The molecule has 0 unspecified atom stereocenters. The SMILES string of the molecule is CCSc1nnc(SCC(=O)NC(C)C)s1. The van der Waals surface area contributed by atoms with E-state index in [1.807, 2.05) is 13.8 Å².